The van der Waals surface area contributed by atoms with Crippen LogP contribution in [0.1, 0.15) is 16.1 Å². The van der Waals surface area contributed by atoms with Gasteiger partial charge in [0.2, 0.25) is 0 Å². The molecule has 1 aromatic carbocycles. The van der Waals surface area contributed by atoms with Crippen molar-refractivity contribution in [2.45, 2.75) is 6.92 Å². The second-order valence-corrected chi connectivity index (χ2v) is 3.36. The van der Waals surface area contributed by atoms with Gasteiger partial charge in [-0.1, -0.05) is 0 Å². The molecule has 1 heterocycles. The Labute approximate surface area is 89.6 Å². The molecule has 0 aliphatic carbocycles. The number of carbonyl (C=O) groups excluding carboxylic acids is 1. The zero-order chi connectivity index (χ0) is 11.9. The van der Waals surface area contributed by atoms with Crippen molar-refractivity contribution in [3.63, 3.8) is 0 Å². The van der Waals surface area contributed by atoms with Crippen LogP contribution in [0.15, 0.2) is 21.3 Å². The number of aromatic hydroxyl groups is 2. The van der Waals surface area contributed by atoms with Gasteiger partial charge in [0.15, 0.2) is 6.29 Å². The predicted octanol–water partition coefficient (Wildman–Crippen LogP) is 1.33. The van der Waals surface area contributed by atoms with E-state index in [1.54, 1.807) is 0 Å². The van der Waals surface area contributed by atoms with E-state index >= 15 is 0 Å². The monoisotopic (exact) mass is 220 g/mol. The highest BCUT2D eigenvalue weighted by Crippen LogP contribution is 2.29. The first-order chi connectivity index (χ1) is 7.54. The minimum atomic E-state index is -0.740. The number of phenols is 2. The molecule has 1 aromatic heterocycles. The topological polar surface area (TPSA) is 87.7 Å². The molecule has 0 spiro atoms. The molecule has 0 aliphatic rings. The van der Waals surface area contributed by atoms with Crippen molar-refractivity contribution < 1.29 is 19.4 Å². The average molecular weight is 220 g/mol. The third-order valence-electron chi connectivity index (χ3n) is 2.34. The van der Waals surface area contributed by atoms with Crippen LogP contribution in [-0.4, -0.2) is 16.5 Å². The molecule has 0 unspecified atom stereocenters. The van der Waals surface area contributed by atoms with E-state index in [1.165, 1.54) is 13.0 Å². The number of phenolic OH excluding ortho intramolecular Hbond substituents is 2. The predicted molar refractivity (Wildman–Crippen MR) is 55.9 cm³/mol. The summed E-state index contributed by atoms with van der Waals surface area (Å²) >= 11 is 0. The number of rotatable bonds is 1. The van der Waals surface area contributed by atoms with Gasteiger partial charge in [-0.05, 0) is 13.0 Å². The van der Waals surface area contributed by atoms with Gasteiger partial charge in [0.25, 0.3) is 0 Å². The maximum Gasteiger partial charge on any atom is 0.347 e. The first kappa shape index (κ1) is 10.2. The summed E-state index contributed by atoms with van der Waals surface area (Å²) in [6, 6.07) is 2.26. The fourth-order valence-corrected chi connectivity index (χ4v) is 1.62. The quantitative estimate of drug-likeness (QED) is 0.707. The van der Waals surface area contributed by atoms with E-state index in [4.69, 9.17) is 4.42 Å². The lowest BCUT2D eigenvalue weighted by molar-refractivity contribution is 0.112. The fraction of sp³-hybridized carbons (Fsp3) is 0.0909. The van der Waals surface area contributed by atoms with Crippen molar-refractivity contribution in [2.75, 3.05) is 0 Å². The highest BCUT2D eigenvalue weighted by atomic mass is 16.4. The van der Waals surface area contributed by atoms with Gasteiger partial charge in [-0.3, -0.25) is 4.79 Å². The number of hydrogen-bond donors (Lipinski definition) is 2. The Morgan fingerprint density at radius 3 is 2.62 bits per heavy atom. The number of hydrogen-bond acceptors (Lipinski definition) is 5. The summed E-state index contributed by atoms with van der Waals surface area (Å²) in [7, 11) is 0. The fourth-order valence-electron chi connectivity index (χ4n) is 1.62. The molecule has 0 saturated carbocycles. The van der Waals surface area contributed by atoms with Crippen LogP contribution in [0.4, 0.5) is 0 Å². The summed E-state index contributed by atoms with van der Waals surface area (Å²) in [6.07, 6.45) is 0.513. The van der Waals surface area contributed by atoms with Crippen molar-refractivity contribution >= 4 is 17.1 Å². The molecule has 82 valence electrons. The van der Waals surface area contributed by atoms with Gasteiger partial charge in [0, 0.05) is 11.5 Å². The van der Waals surface area contributed by atoms with Gasteiger partial charge in [0.05, 0.1) is 5.56 Å². The molecule has 2 N–H and O–H groups in total. The third-order valence-corrected chi connectivity index (χ3v) is 2.34. The second-order valence-electron chi connectivity index (χ2n) is 3.36. The van der Waals surface area contributed by atoms with Gasteiger partial charge in [-0.25, -0.2) is 4.79 Å². The first-order valence-corrected chi connectivity index (χ1v) is 4.49. The number of aldehydes is 1. The minimum Gasteiger partial charge on any atom is -0.508 e. The maximum absolute atomic E-state index is 11.5. The third kappa shape index (κ3) is 1.33. The van der Waals surface area contributed by atoms with E-state index in [2.05, 4.69) is 0 Å². The summed E-state index contributed by atoms with van der Waals surface area (Å²) in [4.78, 5) is 22.3. The Hall–Kier alpha value is -2.30. The van der Waals surface area contributed by atoms with Crippen LogP contribution in [0, 0.1) is 6.92 Å². The molecule has 5 nitrogen and oxygen atoms in total. The van der Waals surface area contributed by atoms with Crippen LogP contribution in [0.25, 0.3) is 10.8 Å². The SMILES string of the molecule is Cc1oc(=O)c2c(O)cc(O)cc2c1C=O. The minimum absolute atomic E-state index is 0.106. The smallest absolute Gasteiger partial charge is 0.347 e. The number of benzene rings is 1. The van der Waals surface area contributed by atoms with Gasteiger partial charge in [-0.2, -0.15) is 0 Å². The lowest BCUT2D eigenvalue weighted by atomic mass is 10.1. The highest BCUT2D eigenvalue weighted by molar-refractivity contribution is 6.01. The molecular weight excluding hydrogens is 212 g/mol. The molecule has 0 aliphatic heterocycles. The highest BCUT2D eigenvalue weighted by Gasteiger charge is 2.14. The maximum atomic E-state index is 11.5. The van der Waals surface area contributed by atoms with Crippen LogP contribution < -0.4 is 5.63 Å². The van der Waals surface area contributed by atoms with Gasteiger partial charge in [-0.15, -0.1) is 0 Å². The Morgan fingerprint density at radius 1 is 1.31 bits per heavy atom. The lowest BCUT2D eigenvalue weighted by Gasteiger charge is -2.05. The summed E-state index contributed by atoms with van der Waals surface area (Å²) in [6.45, 7) is 1.46. The Bertz CT molecular complexity index is 639. The van der Waals surface area contributed by atoms with Crippen molar-refractivity contribution in [3.05, 3.63) is 33.9 Å². The molecule has 0 saturated heterocycles. The van der Waals surface area contributed by atoms with Gasteiger partial charge < -0.3 is 14.6 Å². The largest absolute Gasteiger partial charge is 0.508 e. The lowest BCUT2D eigenvalue weighted by Crippen LogP contribution is -2.04. The normalized spacial score (nSPS) is 10.6. The van der Waals surface area contributed by atoms with E-state index in [0.29, 0.717) is 6.29 Å². The molecular formula is C11H8O5. The van der Waals surface area contributed by atoms with Crippen molar-refractivity contribution in [3.8, 4) is 11.5 Å². The molecule has 0 atom stereocenters. The summed E-state index contributed by atoms with van der Waals surface area (Å²) in [5.41, 5.74) is -0.601. The molecule has 0 radical (unpaired) electrons. The Balaban J connectivity index is 3.11. The number of aryl methyl sites for hydroxylation is 1. The number of carbonyl (C=O) groups is 1. The zero-order valence-corrected chi connectivity index (χ0v) is 8.35. The summed E-state index contributed by atoms with van der Waals surface area (Å²) in [5.74, 6) is -0.484. The first-order valence-electron chi connectivity index (χ1n) is 4.49. The van der Waals surface area contributed by atoms with E-state index < -0.39 is 11.4 Å². The second kappa shape index (κ2) is 3.37. The Kier molecular flexibility index (Phi) is 2.16. The standard InChI is InChI=1S/C11H8O5/c1-5-8(4-12)7-2-6(13)3-9(14)10(7)11(15)16-5/h2-4,13-14H,1H3. The zero-order valence-electron chi connectivity index (χ0n) is 8.35. The van der Waals surface area contributed by atoms with Gasteiger partial charge in [0.1, 0.15) is 22.6 Å². The molecule has 5 heteroatoms. The van der Waals surface area contributed by atoms with Crippen LogP contribution >= 0.6 is 0 Å². The van der Waals surface area contributed by atoms with E-state index in [9.17, 15) is 19.8 Å². The van der Waals surface area contributed by atoms with E-state index in [-0.39, 0.29) is 27.8 Å². The van der Waals surface area contributed by atoms with Gasteiger partial charge >= 0.3 is 5.63 Å². The average Bonchev–Trinajstić information content (AvgIpc) is 2.15. The molecule has 16 heavy (non-hydrogen) atoms. The van der Waals surface area contributed by atoms with E-state index in [1.807, 2.05) is 0 Å². The van der Waals surface area contributed by atoms with Crippen LogP contribution in [0.3, 0.4) is 0 Å². The van der Waals surface area contributed by atoms with Crippen LogP contribution in [0.2, 0.25) is 0 Å². The molecule has 0 fully saturated rings. The summed E-state index contributed by atoms with van der Waals surface area (Å²) in [5, 5.41) is 18.9. The van der Waals surface area contributed by atoms with E-state index in [0.717, 1.165) is 6.07 Å². The Morgan fingerprint density at radius 2 is 2.00 bits per heavy atom. The number of fused-ring (bicyclic) bond motifs is 1. The van der Waals surface area contributed by atoms with Crippen molar-refractivity contribution in [2.24, 2.45) is 0 Å². The molecule has 2 rings (SSSR count). The van der Waals surface area contributed by atoms with Crippen molar-refractivity contribution in [1.29, 1.82) is 0 Å². The molecule has 0 bridgehead atoms. The molecule has 0 amide bonds. The molecule has 2 aromatic rings. The summed E-state index contributed by atoms with van der Waals surface area (Å²) < 4.78 is 4.80. The van der Waals surface area contributed by atoms with Crippen molar-refractivity contribution in [1.82, 2.24) is 0 Å². The van der Waals surface area contributed by atoms with Crippen LogP contribution in [0.5, 0.6) is 11.5 Å². The van der Waals surface area contributed by atoms with Crippen LogP contribution in [-0.2, 0) is 0 Å².